The minimum Gasteiger partial charge on any atom is -0.478 e. The molecular weight excluding hydrogens is 288 g/mol. The molecule has 0 fully saturated rings. The van der Waals surface area contributed by atoms with Gasteiger partial charge >= 0.3 is 5.97 Å². The molecule has 0 aromatic heterocycles. The summed E-state index contributed by atoms with van der Waals surface area (Å²) in [5.41, 5.74) is 1.83. The topological polar surface area (TPSA) is 71.4 Å². The van der Waals surface area contributed by atoms with Crippen molar-refractivity contribution in [3.05, 3.63) is 64.7 Å². The molecule has 1 N–H and O–H groups in total. The molecule has 0 saturated heterocycles. The maximum Gasteiger partial charge on any atom is 0.335 e. The third-order valence-electron chi connectivity index (χ3n) is 3.27. The summed E-state index contributed by atoms with van der Waals surface area (Å²) in [6.07, 6.45) is 0. The van der Waals surface area contributed by atoms with Gasteiger partial charge in [0, 0.05) is 0 Å². The maximum absolute atomic E-state index is 12.6. The summed E-state index contributed by atoms with van der Waals surface area (Å²) in [5.74, 6) is -1.44. The van der Waals surface area contributed by atoms with Gasteiger partial charge in [-0.3, -0.25) is 0 Å². The van der Waals surface area contributed by atoms with E-state index in [1.807, 2.05) is 13.0 Å². The number of aromatic carboxylic acids is 1. The smallest absolute Gasteiger partial charge is 0.335 e. The van der Waals surface area contributed by atoms with E-state index in [2.05, 4.69) is 0 Å². The molecule has 0 aliphatic heterocycles. The van der Waals surface area contributed by atoms with Gasteiger partial charge in [0.2, 0.25) is 0 Å². The standard InChI is InChI=1S/C16H16O4S/c1-11-7-8-12(2)15(9-11)21(19,20)10-13-5-3-4-6-14(13)16(17)18/h3-9H,10H2,1-2H3,(H,17,18). The average molecular weight is 304 g/mol. The maximum atomic E-state index is 12.6. The third-order valence-corrected chi connectivity index (χ3v) is 5.07. The van der Waals surface area contributed by atoms with Crippen LogP contribution in [-0.2, 0) is 15.6 Å². The Morgan fingerprint density at radius 2 is 1.76 bits per heavy atom. The number of sulfone groups is 1. The molecule has 0 atom stereocenters. The molecule has 21 heavy (non-hydrogen) atoms. The van der Waals surface area contributed by atoms with Gasteiger partial charge in [0.25, 0.3) is 0 Å². The molecule has 2 rings (SSSR count). The number of hydrogen-bond acceptors (Lipinski definition) is 3. The minimum atomic E-state index is -3.59. The summed E-state index contributed by atoms with van der Waals surface area (Å²) in [7, 11) is -3.59. The monoisotopic (exact) mass is 304 g/mol. The highest BCUT2D eigenvalue weighted by Crippen LogP contribution is 2.23. The van der Waals surface area contributed by atoms with Gasteiger partial charge in [-0.25, -0.2) is 13.2 Å². The summed E-state index contributed by atoms with van der Waals surface area (Å²) in [4.78, 5) is 11.4. The molecule has 4 nitrogen and oxygen atoms in total. The van der Waals surface area contributed by atoms with Crippen LogP contribution in [0.5, 0.6) is 0 Å². The van der Waals surface area contributed by atoms with Crippen molar-refractivity contribution in [1.82, 2.24) is 0 Å². The Morgan fingerprint density at radius 1 is 1.10 bits per heavy atom. The van der Waals surface area contributed by atoms with E-state index in [0.29, 0.717) is 11.1 Å². The van der Waals surface area contributed by atoms with E-state index in [4.69, 9.17) is 5.11 Å². The molecule has 0 saturated carbocycles. The largest absolute Gasteiger partial charge is 0.478 e. The molecular formula is C16H16O4S. The molecule has 0 radical (unpaired) electrons. The first-order valence-electron chi connectivity index (χ1n) is 6.42. The molecule has 0 aliphatic carbocycles. The lowest BCUT2D eigenvalue weighted by Crippen LogP contribution is -2.11. The van der Waals surface area contributed by atoms with Gasteiger partial charge in [0.05, 0.1) is 16.2 Å². The highest BCUT2D eigenvalue weighted by atomic mass is 32.2. The zero-order chi connectivity index (χ0) is 15.6. The van der Waals surface area contributed by atoms with E-state index >= 15 is 0 Å². The van der Waals surface area contributed by atoms with Crippen molar-refractivity contribution < 1.29 is 18.3 Å². The van der Waals surface area contributed by atoms with Crippen molar-refractivity contribution in [2.24, 2.45) is 0 Å². The van der Waals surface area contributed by atoms with Gasteiger partial charge in [-0.2, -0.15) is 0 Å². The number of benzene rings is 2. The molecule has 0 unspecified atom stereocenters. The number of rotatable bonds is 4. The first-order valence-corrected chi connectivity index (χ1v) is 8.08. The van der Waals surface area contributed by atoms with Crippen LogP contribution >= 0.6 is 0 Å². The predicted molar refractivity (Wildman–Crippen MR) is 80.2 cm³/mol. The second-order valence-corrected chi connectivity index (χ2v) is 6.95. The molecule has 2 aromatic carbocycles. The molecule has 0 heterocycles. The average Bonchev–Trinajstić information content (AvgIpc) is 2.41. The Hall–Kier alpha value is -2.14. The van der Waals surface area contributed by atoms with E-state index in [1.165, 1.54) is 12.1 Å². The van der Waals surface area contributed by atoms with Gasteiger partial charge in [-0.15, -0.1) is 0 Å². The van der Waals surface area contributed by atoms with Crippen molar-refractivity contribution in [3.63, 3.8) is 0 Å². The molecule has 2 aromatic rings. The SMILES string of the molecule is Cc1ccc(C)c(S(=O)(=O)Cc2ccccc2C(=O)O)c1. The number of carboxylic acid groups (broad SMARTS) is 1. The number of carboxylic acids is 1. The summed E-state index contributed by atoms with van der Waals surface area (Å²) >= 11 is 0. The summed E-state index contributed by atoms with van der Waals surface area (Å²) in [6, 6.07) is 11.4. The first-order chi connectivity index (χ1) is 9.81. The van der Waals surface area contributed by atoms with Gasteiger partial charge in [0.15, 0.2) is 9.84 Å². The minimum absolute atomic E-state index is 0.0198. The second-order valence-electron chi connectivity index (χ2n) is 4.99. The lowest BCUT2D eigenvalue weighted by Gasteiger charge is -2.10. The van der Waals surface area contributed by atoms with Crippen molar-refractivity contribution in [2.75, 3.05) is 0 Å². The van der Waals surface area contributed by atoms with E-state index < -0.39 is 15.8 Å². The van der Waals surface area contributed by atoms with Gasteiger partial charge in [-0.1, -0.05) is 30.3 Å². The van der Waals surface area contributed by atoms with Crippen molar-refractivity contribution >= 4 is 15.8 Å². The molecule has 0 amide bonds. The van der Waals surface area contributed by atoms with Crippen LogP contribution in [0.3, 0.4) is 0 Å². The Kier molecular flexibility index (Phi) is 4.14. The Labute approximate surface area is 124 Å². The molecule has 0 spiro atoms. The molecule has 110 valence electrons. The van der Waals surface area contributed by atoms with Crippen LogP contribution in [0, 0.1) is 13.8 Å². The van der Waals surface area contributed by atoms with Crippen LogP contribution in [0.15, 0.2) is 47.4 Å². The fourth-order valence-electron chi connectivity index (χ4n) is 2.18. The van der Waals surface area contributed by atoms with Crippen molar-refractivity contribution in [1.29, 1.82) is 0 Å². The lowest BCUT2D eigenvalue weighted by atomic mass is 10.1. The van der Waals surface area contributed by atoms with Gasteiger partial charge < -0.3 is 5.11 Å². The summed E-state index contributed by atoms with van der Waals surface area (Å²) in [5, 5.41) is 9.14. The van der Waals surface area contributed by atoms with Crippen LogP contribution < -0.4 is 0 Å². The van der Waals surface area contributed by atoms with Gasteiger partial charge in [0.1, 0.15) is 0 Å². The van der Waals surface area contributed by atoms with Crippen LogP contribution in [-0.4, -0.2) is 19.5 Å². The first kappa shape index (κ1) is 15.3. The zero-order valence-corrected chi connectivity index (χ0v) is 12.6. The van der Waals surface area contributed by atoms with E-state index in [-0.39, 0.29) is 16.2 Å². The lowest BCUT2D eigenvalue weighted by molar-refractivity contribution is 0.0696. The number of aryl methyl sites for hydroxylation is 2. The Morgan fingerprint density at radius 3 is 2.43 bits per heavy atom. The zero-order valence-electron chi connectivity index (χ0n) is 11.8. The predicted octanol–water partition coefficient (Wildman–Crippen LogP) is 2.98. The van der Waals surface area contributed by atoms with E-state index in [0.717, 1.165) is 5.56 Å². The molecule has 5 heteroatoms. The number of carbonyl (C=O) groups is 1. The highest BCUT2D eigenvalue weighted by Gasteiger charge is 2.21. The van der Waals surface area contributed by atoms with Crippen molar-refractivity contribution in [3.8, 4) is 0 Å². The highest BCUT2D eigenvalue weighted by molar-refractivity contribution is 7.90. The second kappa shape index (κ2) is 5.69. The summed E-state index contributed by atoms with van der Waals surface area (Å²) < 4.78 is 25.1. The third kappa shape index (κ3) is 3.31. The molecule has 0 aliphatic rings. The quantitative estimate of drug-likeness (QED) is 0.942. The summed E-state index contributed by atoms with van der Waals surface area (Å²) in [6.45, 7) is 3.55. The van der Waals surface area contributed by atoms with E-state index in [1.54, 1.807) is 31.2 Å². The van der Waals surface area contributed by atoms with Crippen LogP contribution in [0.2, 0.25) is 0 Å². The molecule has 0 bridgehead atoms. The van der Waals surface area contributed by atoms with Crippen LogP contribution in [0.4, 0.5) is 0 Å². The van der Waals surface area contributed by atoms with Gasteiger partial charge in [-0.05, 0) is 42.7 Å². The van der Waals surface area contributed by atoms with Crippen LogP contribution in [0.25, 0.3) is 0 Å². The fourth-order valence-corrected chi connectivity index (χ4v) is 3.92. The normalized spacial score (nSPS) is 11.3. The Balaban J connectivity index is 2.48. The number of hydrogen-bond donors (Lipinski definition) is 1. The van der Waals surface area contributed by atoms with Crippen LogP contribution in [0.1, 0.15) is 27.0 Å². The fraction of sp³-hybridized carbons (Fsp3) is 0.188. The van der Waals surface area contributed by atoms with Crippen molar-refractivity contribution in [2.45, 2.75) is 24.5 Å². The Bertz CT molecular complexity index is 792. The van der Waals surface area contributed by atoms with E-state index in [9.17, 15) is 13.2 Å².